The summed E-state index contributed by atoms with van der Waals surface area (Å²) in [7, 11) is 0. The minimum Gasteiger partial charge on any atom is -0.393 e. The Morgan fingerprint density at radius 3 is 2.43 bits per heavy atom. The third-order valence-electron chi connectivity index (χ3n) is 2.37. The Labute approximate surface area is 87.7 Å². The van der Waals surface area contributed by atoms with Crippen LogP contribution in [0.15, 0.2) is 12.7 Å². The largest absolute Gasteiger partial charge is 0.393 e. The zero-order valence-corrected chi connectivity index (χ0v) is 9.28. The average molecular weight is 200 g/mol. The summed E-state index contributed by atoms with van der Waals surface area (Å²) < 4.78 is 0. The summed E-state index contributed by atoms with van der Waals surface area (Å²) in [5.41, 5.74) is 0. The van der Waals surface area contributed by atoms with Crippen LogP contribution >= 0.6 is 0 Å². The first kappa shape index (κ1) is 13.7. The predicted octanol–water partition coefficient (Wildman–Crippen LogP) is 2.64. The van der Waals surface area contributed by atoms with E-state index in [1.807, 2.05) is 0 Å². The summed E-state index contributed by atoms with van der Waals surface area (Å²) in [6.45, 7) is 5.72. The Balaban J connectivity index is 3.34. The lowest BCUT2D eigenvalue weighted by Crippen LogP contribution is -2.16. The van der Waals surface area contributed by atoms with Crippen molar-refractivity contribution in [2.45, 2.75) is 64.1 Å². The van der Waals surface area contributed by atoms with Gasteiger partial charge in [-0.25, -0.2) is 0 Å². The summed E-state index contributed by atoms with van der Waals surface area (Å²) >= 11 is 0. The standard InChI is InChI=1S/C12H24O2/c1-3-5-6-7-9-12(14)10-11(13)8-4-2/h4,11-14H,2-3,5-10H2,1H3/t11-,12+/m1/s1. The van der Waals surface area contributed by atoms with Crippen LogP contribution < -0.4 is 0 Å². The molecule has 2 N–H and O–H groups in total. The zero-order valence-electron chi connectivity index (χ0n) is 9.28. The van der Waals surface area contributed by atoms with Gasteiger partial charge in [0.15, 0.2) is 0 Å². The van der Waals surface area contributed by atoms with Crippen LogP contribution in [0.5, 0.6) is 0 Å². The van der Waals surface area contributed by atoms with Gasteiger partial charge in [0, 0.05) is 0 Å². The molecule has 2 atom stereocenters. The van der Waals surface area contributed by atoms with Crippen LogP contribution in [0.1, 0.15) is 51.9 Å². The Morgan fingerprint density at radius 2 is 1.86 bits per heavy atom. The van der Waals surface area contributed by atoms with Crippen molar-refractivity contribution in [2.75, 3.05) is 0 Å². The maximum absolute atomic E-state index is 9.55. The van der Waals surface area contributed by atoms with Crippen LogP contribution in [0.2, 0.25) is 0 Å². The van der Waals surface area contributed by atoms with Crippen molar-refractivity contribution >= 4 is 0 Å². The van der Waals surface area contributed by atoms with Gasteiger partial charge in [-0.15, -0.1) is 6.58 Å². The molecular weight excluding hydrogens is 176 g/mol. The molecule has 0 spiro atoms. The van der Waals surface area contributed by atoms with E-state index in [9.17, 15) is 10.2 Å². The molecule has 0 aromatic heterocycles. The molecule has 0 aromatic carbocycles. The van der Waals surface area contributed by atoms with Gasteiger partial charge in [-0.05, 0) is 19.3 Å². The highest BCUT2D eigenvalue weighted by Crippen LogP contribution is 2.11. The Morgan fingerprint density at radius 1 is 1.14 bits per heavy atom. The molecule has 0 saturated carbocycles. The second-order valence-electron chi connectivity index (χ2n) is 3.92. The maximum atomic E-state index is 9.55. The fourth-order valence-electron chi connectivity index (χ4n) is 1.53. The van der Waals surface area contributed by atoms with Crippen molar-refractivity contribution in [3.05, 3.63) is 12.7 Å². The number of rotatable bonds is 9. The first-order valence-electron chi connectivity index (χ1n) is 5.67. The quantitative estimate of drug-likeness (QED) is 0.444. The van der Waals surface area contributed by atoms with E-state index in [1.54, 1.807) is 6.08 Å². The van der Waals surface area contributed by atoms with E-state index in [4.69, 9.17) is 0 Å². The molecule has 0 heterocycles. The number of unbranched alkanes of at least 4 members (excludes halogenated alkanes) is 3. The topological polar surface area (TPSA) is 40.5 Å². The minimum atomic E-state index is -0.423. The number of hydrogen-bond donors (Lipinski definition) is 2. The van der Waals surface area contributed by atoms with Gasteiger partial charge in [0.25, 0.3) is 0 Å². The molecule has 0 unspecified atom stereocenters. The van der Waals surface area contributed by atoms with Crippen molar-refractivity contribution in [2.24, 2.45) is 0 Å². The molecule has 0 aliphatic rings. The van der Waals surface area contributed by atoms with Crippen molar-refractivity contribution < 1.29 is 10.2 Å². The van der Waals surface area contributed by atoms with Crippen molar-refractivity contribution in [3.8, 4) is 0 Å². The van der Waals surface area contributed by atoms with Gasteiger partial charge in [-0.1, -0.05) is 38.7 Å². The van der Waals surface area contributed by atoms with Crippen LogP contribution in [-0.2, 0) is 0 Å². The normalized spacial score (nSPS) is 15.1. The molecule has 0 fully saturated rings. The first-order valence-corrected chi connectivity index (χ1v) is 5.67. The van der Waals surface area contributed by atoms with E-state index in [2.05, 4.69) is 13.5 Å². The fraction of sp³-hybridized carbons (Fsp3) is 0.833. The monoisotopic (exact) mass is 200 g/mol. The lowest BCUT2D eigenvalue weighted by atomic mass is 10.0. The van der Waals surface area contributed by atoms with Gasteiger partial charge in [0.1, 0.15) is 0 Å². The van der Waals surface area contributed by atoms with Gasteiger partial charge in [0.2, 0.25) is 0 Å². The SMILES string of the molecule is C=CC[C@@H](O)C[C@@H](O)CCCCCC. The second-order valence-corrected chi connectivity index (χ2v) is 3.92. The number of aliphatic hydroxyl groups excluding tert-OH is 2. The second kappa shape index (κ2) is 9.22. The van der Waals surface area contributed by atoms with Crippen LogP contribution in [0.4, 0.5) is 0 Å². The van der Waals surface area contributed by atoms with Gasteiger partial charge in [0.05, 0.1) is 12.2 Å². The van der Waals surface area contributed by atoms with Crippen LogP contribution in [0.3, 0.4) is 0 Å². The Kier molecular flexibility index (Phi) is 9.00. The molecule has 84 valence electrons. The maximum Gasteiger partial charge on any atom is 0.0599 e. The third-order valence-corrected chi connectivity index (χ3v) is 2.37. The van der Waals surface area contributed by atoms with E-state index in [-0.39, 0.29) is 6.10 Å². The van der Waals surface area contributed by atoms with E-state index in [0.29, 0.717) is 12.8 Å². The van der Waals surface area contributed by atoms with Gasteiger partial charge in [-0.2, -0.15) is 0 Å². The van der Waals surface area contributed by atoms with Crippen LogP contribution in [0, 0.1) is 0 Å². The highest BCUT2D eigenvalue weighted by molar-refractivity contribution is 4.74. The zero-order chi connectivity index (χ0) is 10.8. The lowest BCUT2D eigenvalue weighted by molar-refractivity contribution is 0.0757. The van der Waals surface area contributed by atoms with Gasteiger partial charge < -0.3 is 10.2 Å². The highest BCUT2D eigenvalue weighted by atomic mass is 16.3. The van der Waals surface area contributed by atoms with E-state index < -0.39 is 6.10 Å². The van der Waals surface area contributed by atoms with Gasteiger partial charge in [-0.3, -0.25) is 0 Å². The molecule has 0 radical (unpaired) electrons. The van der Waals surface area contributed by atoms with Crippen molar-refractivity contribution in [1.29, 1.82) is 0 Å². The third kappa shape index (κ3) is 8.27. The number of hydrogen-bond acceptors (Lipinski definition) is 2. The predicted molar refractivity (Wildman–Crippen MR) is 60.2 cm³/mol. The molecule has 0 aliphatic heterocycles. The van der Waals surface area contributed by atoms with E-state index in [1.165, 1.54) is 19.3 Å². The molecule has 0 amide bonds. The van der Waals surface area contributed by atoms with Crippen LogP contribution in [-0.4, -0.2) is 22.4 Å². The molecule has 0 aromatic rings. The molecular formula is C12H24O2. The Hall–Kier alpha value is -0.340. The summed E-state index contributed by atoms with van der Waals surface area (Å²) in [4.78, 5) is 0. The van der Waals surface area contributed by atoms with Crippen molar-refractivity contribution in [3.63, 3.8) is 0 Å². The number of aliphatic hydroxyl groups is 2. The smallest absolute Gasteiger partial charge is 0.0599 e. The van der Waals surface area contributed by atoms with E-state index >= 15 is 0 Å². The molecule has 0 saturated heterocycles. The summed E-state index contributed by atoms with van der Waals surface area (Å²) in [6.07, 6.45) is 7.50. The molecule has 0 rings (SSSR count). The molecule has 2 nitrogen and oxygen atoms in total. The summed E-state index contributed by atoms with van der Waals surface area (Å²) in [5.74, 6) is 0. The van der Waals surface area contributed by atoms with E-state index in [0.717, 1.165) is 12.8 Å². The fourth-order valence-corrected chi connectivity index (χ4v) is 1.53. The summed E-state index contributed by atoms with van der Waals surface area (Å²) in [6, 6.07) is 0. The van der Waals surface area contributed by atoms with Crippen LogP contribution in [0.25, 0.3) is 0 Å². The summed E-state index contributed by atoms with van der Waals surface area (Å²) in [5, 5.41) is 18.9. The molecule has 2 heteroatoms. The molecule has 0 aliphatic carbocycles. The average Bonchev–Trinajstić information content (AvgIpc) is 2.13. The highest BCUT2D eigenvalue weighted by Gasteiger charge is 2.09. The molecule has 0 bridgehead atoms. The Bertz CT molecular complexity index is 134. The lowest BCUT2D eigenvalue weighted by Gasteiger charge is -2.13. The minimum absolute atomic E-state index is 0.346. The van der Waals surface area contributed by atoms with Crippen molar-refractivity contribution in [1.82, 2.24) is 0 Å². The van der Waals surface area contributed by atoms with Gasteiger partial charge >= 0.3 is 0 Å². The first-order chi connectivity index (χ1) is 6.70. The molecule has 14 heavy (non-hydrogen) atoms.